The first kappa shape index (κ1) is 16.4. The monoisotopic (exact) mass is 346 g/mol. The number of aliphatic carboxylic acids is 1. The largest absolute Gasteiger partial charge is 0.481 e. The highest BCUT2D eigenvalue weighted by molar-refractivity contribution is 7.15. The van der Waals surface area contributed by atoms with E-state index in [2.05, 4.69) is 4.98 Å². The number of rotatable bonds is 4. The molecule has 0 unspecified atom stereocenters. The van der Waals surface area contributed by atoms with Gasteiger partial charge in [-0.25, -0.2) is 4.98 Å². The van der Waals surface area contributed by atoms with Gasteiger partial charge in [0.2, 0.25) is 0 Å². The molecule has 1 aromatic heterocycles. The molecule has 24 heavy (non-hydrogen) atoms. The lowest BCUT2D eigenvalue weighted by molar-refractivity contribution is -0.141. The summed E-state index contributed by atoms with van der Waals surface area (Å²) in [6, 6.07) is 9.49. The quantitative estimate of drug-likeness (QED) is 0.919. The van der Waals surface area contributed by atoms with Crippen molar-refractivity contribution in [2.45, 2.75) is 12.8 Å². The molecular weight excluding hydrogens is 328 g/mol. The van der Waals surface area contributed by atoms with Crippen LogP contribution in [0, 0.1) is 12.8 Å². The molecule has 1 aliphatic rings. The molecule has 0 bridgehead atoms. The molecule has 3 rings (SSSR count). The minimum absolute atomic E-state index is 0.182. The van der Waals surface area contributed by atoms with E-state index < -0.39 is 11.9 Å². The van der Waals surface area contributed by atoms with Crippen molar-refractivity contribution in [1.29, 1.82) is 0 Å². The summed E-state index contributed by atoms with van der Waals surface area (Å²) in [4.78, 5) is 30.7. The topological polar surface area (TPSA) is 79.7 Å². The minimum Gasteiger partial charge on any atom is -0.481 e. The van der Waals surface area contributed by atoms with Gasteiger partial charge in [0.15, 0.2) is 0 Å². The number of hydrogen-bond acceptors (Lipinski definition) is 5. The molecule has 2 atom stereocenters. The zero-order valence-corrected chi connectivity index (χ0v) is 14.2. The van der Waals surface area contributed by atoms with Gasteiger partial charge < -0.3 is 14.7 Å². The van der Waals surface area contributed by atoms with Crippen LogP contribution in [0.1, 0.15) is 26.8 Å². The van der Waals surface area contributed by atoms with Crippen LogP contribution in [0.15, 0.2) is 30.3 Å². The zero-order chi connectivity index (χ0) is 17.3. The van der Waals surface area contributed by atoms with Gasteiger partial charge in [0.05, 0.1) is 18.7 Å². The Morgan fingerprint density at radius 2 is 2.00 bits per heavy atom. The molecule has 0 radical (unpaired) electrons. The number of nitrogens with zero attached hydrogens (tertiary/aromatic N) is 2. The molecule has 0 saturated carbocycles. The van der Waals surface area contributed by atoms with Gasteiger partial charge in [-0.05, 0) is 12.5 Å². The number of carbonyl (C=O) groups excluding carboxylic acids is 1. The maximum Gasteiger partial charge on any atom is 0.308 e. The van der Waals surface area contributed by atoms with E-state index in [0.717, 1.165) is 5.56 Å². The summed E-state index contributed by atoms with van der Waals surface area (Å²) >= 11 is 1.19. The van der Waals surface area contributed by atoms with Crippen LogP contribution in [0.2, 0.25) is 0 Å². The Balaban J connectivity index is 1.86. The third-order valence-corrected chi connectivity index (χ3v) is 5.40. The van der Waals surface area contributed by atoms with Crippen LogP contribution < -0.4 is 4.74 Å². The predicted molar refractivity (Wildman–Crippen MR) is 89.6 cm³/mol. The number of aryl methyl sites for hydroxylation is 1. The highest BCUT2D eigenvalue weighted by atomic mass is 32.1. The molecule has 2 heterocycles. The Kier molecular flexibility index (Phi) is 4.53. The molecule has 126 valence electrons. The molecule has 1 aromatic carbocycles. The maximum absolute atomic E-state index is 12.8. The van der Waals surface area contributed by atoms with Crippen LogP contribution in [0.5, 0.6) is 5.19 Å². The summed E-state index contributed by atoms with van der Waals surface area (Å²) in [5.74, 6) is -1.87. The SMILES string of the molecule is COc1nc(C)c(C(=O)N2C[C@H](C(=O)O)[C@@H](c3ccccc3)C2)s1. The van der Waals surface area contributed by atoms with E-state index in [1.165, 1.54) is 18.4 Å². The summed E-state index contributed by atoms with van der Waals surface area (Å²) in [5.41, 5.74) is 1.55. The van der Waals surface area contributed by atoms with Crippen LogP contribution in [0.25, 0.3) is 0 Å². The van der Waals surface area contributed by atoms with Crippen molar-refractivity contribution >= 4 is 23.2 Å². The number of methoxy groups -OCH3 is 1. The third kappa shape index (κ3) is 2.99. The number of likely N-dealkylation sites (tertiary alicyclic amines) is 1. The zero-order valence-electron chi connectivity index (χ0n) is 13.4. The summed E-state index contributed by atoms with van der Waals surface area (Å²) in [5, 5.41) is 9.98. The van der Waals surface area contributed by atoms with Crippen molar-refractivity contribution in [2.24, 2.45) is 5.92 Å². The van der Waals surface area contributed by atoms with Crippen LogP contribution in [0.4, 0.5) is 0 Å². The molecule has 0 spiro atoms. The molecule has 1 aliphatic heterocycles. The van der Waals surface area contributed by atoms with Crippen molar-refractivity contribution in [3.63, 3.8) is 0 Å². The Bertz CT molecular complexity index is 759. The van der Waals surface area contributed by atoms with Gasteiger partial charge in [0, 0.05) is 19.0 Å². The van der Waals surface area contributed by atoms with Crippen LogP contribution in [0.3, 0.4) is 0 Å². The summed E-state index contributed by atoms with van der Waals surface area (Å²) in [6.45, 7) is 2.35. The predicted octanol–water partition coefficient (Wildman–Crippen LogP) is 2.40. The number of ether oxygens (including phenoxy) is 1. The first-order chi connectivity index (χ1) is 11.5. The fraction of sp³-hybridized carbons (Fsp3) is 0.353. The lowest BCUT2D eigenvalue weighted by Crippen LogP contribution is -2.29. The lowest BCUT2D eigenvalue weighted by Gasteiger charge is -2.16. The Morgan fingerprint density at radius 3 is 2.58 bits per heavy atom. The molecular formula is C17H18N2O4S. The van der Waals surface area contributed by atoms with E-state index in [9.17, 15) is 14.7 Å². The van der Waals surface area contributed by atoms with Gasteiger partial charge in [0.25, 0.3) is 11.1 Å². The van der Waals surface area contributed by atoms with Crippen molar-refractivity contribution in [3.8, 4) is 5.19 Å². The fourth-order valence-electron chi connectivity index (χ4n) is 3.06. The van der Waals surface area contributed by atoms with Crippen LogP contribution >= 0.6 is 11.3 Å². The van der Waals surface area contributed by atoms with Crippen LogP contribution in [-0.4, -0.2) is 47.1 Å². The Morgan fingerprint density at radius 1 is 1.29 bits per heavy atom. The van der Waals surface area contributed by atoms with E-state index in [0.29, 0.717) is 22.3 Å². The van der Waals surface area contributed by atoms with E-state index in [4.69, 9.17) is 4.74 Å². The van der Waals surface area contributed by atoms with Crippen LogP contribution in [-0.2, 0) is 4.79 Å². The van der Waals surface area contributed by atoms with Crippen molar-refractivity contribution < 1.29 is 19.4 Å². The second-order valence-corrected chi connectivity index (χ2v) is 6.73. The molecule has 1 saturated heterocycles. The average Bonchev–Trinajstić information content (AvgIpc) is 3.19. The normalized spacial score (nSPS) is 20.2. The first-order valence-electron chi connectivity index (χ1n) is 7.59. The van der Waals surface area contributed by atoms with E-state index in [1.807, 2.05) is 30.3 Å². The summed E-state index contributed by atoms with van der Waals surface area (Å²) in [7, 11) is 1.51. The van der Waals surface area contributed by atoms with Crippen molar-refractivity contribution in [2.75, 3.05) is 20.2 Å². The number of aromatic nitrogens is 1. The molecule has 6 nitrogen and oxygen atoms in total. The number of carboxylic acids is 1. The second-order valence-electron chi connectivity index (χ2n) is 5.77. The van der Waals surface area contributed by atoms with Gasteiger partial charge >= 0.3 is 5.97 Å². The Hall–Kier alpha value is -2.41. The number of hydrogen-bond donors (Lipinski definition) is 1. The molecule has 1 fully saturated rings. The highest BCUT2D eigenvalue weighted by Crippen LogP contribution is 2.35. The van der Waals surface area contributed by atoms with Gasteiger partial charge in [0.1, 0.15) is 4.88 Å². The standard InChI is InChI=1S/C17H18N2O4S/c1-10-14(24-17(18-10)23-2)15(20)19-8-12(13(9-19)16(21)22)11-6-4-3-5-7-11/h3-7,12-13H,8-9H2,1-2H3,(H,21,22)/t12-,13+/m1/s1. The van der Waals surface area contributed by atoms with Gasteiger partial charge in [-0.15, -0.1) is 0 Å². The number of amides is 1. The molecule has 1 amide bonds. The third-order valence-electron chi connectivity index (χ3n) is 4.30. The van der Waals surface area contributed by atoms with E-state index in [1.54, 1.807) is 11.8 Å². The van der Waals surface area contributed by atoms with Crippen molar-refractivity contribution in [3.05, 3.63) is 46.5 Å². The molecule has 7 heteroatoms. The maximum atomic E-state index is 12.8. The highest BCUT2D eigenvalue weighted by Gasteiger charge is 2.41. The fourth-order valence-corrected chi connectivity index (χ4v) is 3.91. The van der Waals surface area contributed by atoms with Gasteiger partial charge in [-0.3, -0.25) is 9.59 Å². The molecule has 1 N–H and O–H groups in total. The second kappa shape index (κ2) is 6.60. The summed E-state index contributed by atoms with van der Waals surface area (Å²) in [6.07, 6.45) is 0. The van der Waals surface area contributed by atoms with Crippen molar-refractivity contribution in [1.82, 2.24) is 9.88 Å². The molecule has 0 aliphatic carbocycles. The van der Waals surface area contributed by atoms with Gasteiger partial charge in [-0.2, -0.15) is 0 Å². The van der Waals surface area contributed by atoms with Gasteiger partial charge in [-0.1, -0.05) is 41.7 Å². The molecule has 2 aromatic rings. The average molecular weight is 346 g/mol. The smallest absolute Gasteiger partial charge is 0.308 e. The minimum atomic E-state index is -0.877. The number of thiazole rings is 1. The number of benzene rings is 1. The summed E-state index contributed by atoms with van der Waals surface area (Å²) < 4.78 is 5.08. The number of carbonyl (C=O) groups is 2. The first-order valence-corrected chi connectivity index (χ1v) is 8.41. The lowest BCUT2D eigenvalue weighted by atomic mass is 9.89. The number of carboxylic acid groups (broad SMARTS) is 1. The van der Waals surface area contributed by atoms with E-state index in [-0.39, 0.29) is 18.4 Å². The Labute approximate surface area is 143 Å². The van der Waals surface area contributed by atoms with E-state index >= 15 is 0 Å².